The van der Waals surface area contributed by atoms with Gasteiger partial charge in [-0.2, -0.15) is 0 Å². The molecular weight excluding hydrogens is 299 g/mol. The standard InChI is InChI=1S/C13H18BrFN2O/c1-9(6-11-8-18-5-4-16-11)17-13-7-10(15)2-3-12(13)14/h2-3,7,9,11,16-17H,4-6,8H2,1H3. The molecule has 1 saturated heterocycles. The molecule has 0 saturated carbocycles. The fraction of sp³-hybridized carbons (Fsp3) is 0.538. The average Bonchev–Trinajstić information content (AvgIpc) is 2.35. The van der Waals surface area contributed by atoms with E-state index in [-0.39, 0.29) is 11.9 Å². The third-order valence-corrected chi connectivity index (χ3v) is 3.66. The fourth-order valence-corrected chi connectivity index (χ4v) is 2.49. The van der Waals surface area contributed by atoms with Gasteiger partial charge in [0.15, 0.2) is 0 Å². The molecule has 5 heteroatoms. The third kappa shape index (κ3) is 3.93. The summed E-state index contributed by atoms with van der Waals surface area (Å²) in [6.45, 7) is 4.53. The number of morpholine rings is 1. The molecule has 2 N–H and O–H groups in total. The van der Waals surface area contributed by atoms with Crippen LogP contribution in [0.15, 0.2) is 22.7 Å². The van der Waals surface area contributed by atoms with Crippen molar-refractivity contribution in [1.29, 1.82) is 0 Å². The Labute approximate surface area is 115 Å². The highest BCUT2D eigenvalue weighted by atomic mass is 79.9. The molecule has 1 fully saturated rings. The largest absolute Gasteiger partial charge is 0.382 e. The molecule has 0 spiro atoms. The molecule has 3 nitrogen and oxygen atoms in total. The van der Waals surface area contributed by atoms with E-state index in [9.17, 15) is 4.39 Å². The molecule has 0 aromatic heterocycles. The molecule has 18 heavy (non-hydrogen) atoms. The summed E-state index contributed by atoms with van der Waals surface area (Å²) in [4.78, 5) is 0. The van der Waals surface area contributed by atoms with E-state index in [4.69, 9.17) is 4.74 Å². The first kappa shape index (κ1) is 13.8. The fourth-order valence-electron chi connectivity index (χ4n) is 2.13. The maximum absolute atomic E-state index is 13.2. The number of nitrogens with one attached hydrogen (secondary N) is 2. The van der Waals surface area contributed by atoms with E-state index in [1.54, 1.807) is 6.07 Å². The molecule has 1 aromatic rings. The van der Waals surface area contributed by atoms with Crippen molar-refractivity contribution >= 4 is 21.6 Å². The highest BCUT2D eigenvalue weighted by Gasteiger charge is 2.16. The van der Waals surface area contributed by atoms with E-state index < -0.39 is 0 Å². The summed E-state index contributed by atoms with van der Waals surface area (Å²) < 4.78 is 19.5. The van der Waals surface area contributed by atoms with Crippen LogP contribution in [0.3, 0.4) is 0 Å². The molecular formula is C13H18BrFN2O. The quantitative estimate of drug-likeness (QED) is 0.896. The van der Waals surface area contributed by atoms with Crippen LogP contribution in [0.1, 0.15) is 13.3 Å². The van der Waals surface area contributed by atoms with Crippen LogP contribution in [-0.2, 0) is 4.74 Å². The van der Waals surface area contributed by atoms with Gasteiger partial charge in [-0.3, -0.25) is 0 Å². The second-order valence-corrected chi connectivity index (χ2v) is 5.49. The summed E-state index contributed by atoms with van der Waals surface area (Å²) >= 11 is 3.41. The van der Waals surface area contributed by atoms with Gasteiger partial charge in [-0.25, -0.2) is 4.39 Å². The Morgan fingerprint density at radius 2 is 2.44 bits per heavy atom. The smallest absolute Gasteiger partial charge is 0.125 e. The number of hydrogen-bond acceptors (Lipinski definition) is 3. The van der Waals surface area contributed by atoms with Gasteiger partial charge >= 0.3 is 0 Å². The van der Waals surface area contributed by atoms with Gasteiger partial charge in [0, 0.05) is 23.1 Å². The van der Waals surface area contributed by atoms with E-state index in [0.717, 1.165) is 36.3 Å². The Bertz CT molecular complexity index is 397. The van der Waals surface area contributed by atoms with E-state index in [0.29, 0.717) is 6.04 Å². The number of ether oxygens (including phenoxy) is 1. The Kier molecular flexibility index (Phi) is 4.97. The zero-order valence-corrected chi connectivity index (χ0v) is 12.0. The van der Waals surface area contributed by atoms with Gasteiger partial charge in [-0.1, -0.05) is 0 Å². The summed E-state index contributed by atoms with van der Waals surface area (Å²) in [5, 5.41) is 6.73. The Balaban J connectivity index is 1.89. The average molecular weight is 317 g/mol. The predicted octanol–water partition coefficient (Wildman–Crippen LogP) is 2.77. The zero-order chi connectivity index (χ0) is 13.0. The second kappa shape index (κ2) is 6.50. The molecule has 100 valence electrons. The lowest BCUT2D eigenvalue weighted by atomic mass is 10.1. The van der Waals surface area contributed by atoms with Crippen LogP contribution in [0.2, 0.25) is 0 Å². The lowest BCUT2D eigenvalue weighted by Crippen LogP contribution is -2.43. The van der Waals surface area contributed by atoms with Crippen molar-refractivity contribution in [2.45, 2.75) is 25.4 Å². The first-order valence-corrected chi connectivity index (χ1v) is 6.97. The molecule has 0 aliphatic carbocycles. The van der Waals surface area contributed by atoms with E-state index in [2.05, 4.69) is 33.5 Å². The lowest BCUT2D eigenvalue weighted by molar-refractivity contribution is 0.0731. The van der Waals surface area contributed by atoms with Gasteiger partial charge in [0.2, 0.25) is 0 Å². The molecule has 2 rings (SSSR count). The summed E-state index contributed by atoms with van der Waals surface area (Å²) in [7, 11) is 0. The van der Waals surface area contributed by atoms with Crippen LogP contribution in [-0.4, -0.2) is 31.8 Å². The van der Waals surface area contributed by atoms with Gasteiger partial charge in [-0.15, -0.1) is 0 Å². The van der Waals surface area contributed by atoms with E-state index >= 15 is 0 Å². The monoisotopic (exact) mass is 316 g/mol. The van der Waals surface area contributed by atoms with Crippen molar-refractivity contribution < 1.29 is 9.13 Å². The van der Waals surface area contributed by atoms with Crippen molar-refractivity contribution in [3.05, 3.63) is 28.5 Å². The van der Waals surface area contributed by atoms with Crippen molar-refractivity contribution in [2.24, 2.45) is 0 Å². The number of hydrogen-bond donors (Lipinski definition) is 2. The Hall–Kier alpha value is -0.650. The van der Waals surface area contributed by atoms with Crippen molar-refractivity contribution in [1.82, 2.24) is 5.32 Å². The zero-order valence-electron chi connectivity index (χ0n) is 10.4. The minimum atomic E-state index is -0.230. The maximum atomic E-state index is 13.2. The first-order chi connectivity index (χ1) is 8.65. The molecule has 1 heterocycles. The predicted molar refractivity (Wildman–Crippen MR) is 74.4 cm³/mol. The van der Waals surface area contributed by atoms with Crippen molar-refractivity contribution in [3.63, 3.8) is 0 Å². The van der Waals surface area contributed by atoms with Gasteiger partial charge in [0.25, 0.3) is 0 Å². The van der Waals surface area contributed by atoms with E-state index in [1.807, 2.05) is 0 Å². The van der Waals surface area contributed by atoms with Gasteiger partial charge in [0.1, 0.15) is 5.82 Å². The summed E-state index contributed by atoms with van der Waals surface area (Å²) in [6.07, 6.45) is 0.947. The van der Waals surface area contributed by atoms with Crippen LogP contribution in [0, 0.1) is 5.82 Å². The van der Waals surface area contributed by atoms with Gasteiger partial charge in [0.05, 0.1) is 18.9 Å². The van der Waals surface area contributed by atoms with Gasteiger partial charge < -0.3 is 15.4 Å². The minimum absolute atomic E-state index is 0.230. The van der Waals surface area contributed by atoms with E-state index in [1.165, 1.54) is 12.1 Å². The lowest BCUT2D eigenvalue weighted by Gasteiger charge is -2.27. The van der Waals surface area contributed by atoms with Gasteiger partial charge in [-0.05, 0) is 47.5 Å². The van der Waals surface area contributed by atoms with Crippen LogP contribution in [0.25, 0.3) is 0 Å². The Morgan fingerprint density at radius 1 is 1.61 bits per heavy atom. The molecule has 0 amide bonds. The molecule has 1 aliphatic rings. The van der Waals surface area contributed by atoms with Crippen molar-refractivity contribution in [3.8, 4) is 0 Å². The van der Waals surface area contributed by atoms with Crippen LogP contribution >= 0.6 is 15.9 Å². The van der Waals surface area contributed by atoms with Crippen LogP contribution < -0.4 is 10.6 Å². The van der Waals surface area contributed by atoms with Crippen molar-refractivity contribution in [2.75, 3.05) is 25.1 Å². The third-order valence-electron chi connectivity index (χ3n) is 2.97. The maximum Gasteiger partial charge on any atom is 0.125 e. The molecule has 2 atom stereocenters. The Morgan fingerprint density at radius 3 is 3.17 bits per heavy atom. The number of rotatable bonds is 4. The first-order valence-electron chi connectivity index (χ1n) is 6.18. The molecule has 0 bridgehead atoms. The summed E-state index contributed by atoms with van der Waals surface area (Å²) in [6, 6.07) is 5.28. The van der Waals surface area contributed by atoms with Crippen LogP contribution in [0.4, 0.5) is 10.1 Å². The molecule has 2 unspecified atom stereocenters. The number of halogens is 2. The molecule has 0 radical (unpaired) electrons. The number of benzene rings is 1. The minimum Gasteiger partial charge on any atom is -0.382 e. The molecule has 1 aromatic carbocycles. The highest BCUT2D eigenvalue weighted by Crippen LogP contribution is 2.24. The SMILES string of the molecule is CC(CC1COCCN1)Nc1cc(F)ccc1Br. The summed E-state index contributed by atoms with van der Waals surface area (Å²) in [5.74, 6) is -0.230. The normalized spacial score (nSPS) is 21.6. The highest BCUT2D eigenvalue weighted by molar-refractivity contribution is 9.10. The topological polar surface area (TPSA) is 33.3 Å². The summed E-state index contributed by atoms with van der Waals surface area (Å²) in [5.41, 5.74) is 0.791. The second-order valence-electron chi connectivity index (χ2n) is 4.63. The number of anilines is 1. The van der Waals surface area contributed by atoms with Crippen LogP contribution in [0.5, 0.6) is 0 Å². The molecule has 1 aliphatic heterocycles.